The van der Waals surface area contributed by atoms with Crippen molar-refractivity contribution < 1.29 is 19.1 Å². The van der Waals surface area contributed by atoms with Gasteiger partial charge in [-0.2, -0.15) is 4.68 Å². The molecule has 2 N–H and O–H groups in total. The van der Waals surface area contributed by atoms with Gasteiger partial charge < -0.3 is 14.8 Å². The summed E-state index contributed by atoms with van der Waals surface area (Å²) in [5.41, 5.74) is 3.23. The molecule has 37 heavy (non-hydrogen) atoms. The first-order valence-electron chi connectivity index (χ1n) is 11.2. The number of carbonyl (C=O) groups excluding carboxylic acids is 2. The maximum Gasteiger partial charge on any atom is 0.291 e. The van der Waals surface area contributed by atoms with Crippen LogP contribution in [0.2, 0.25) is 0 Å². The van der Waals surface area contributed by atoms with Crippen molar-refractivity contribution in [3.05, 3.63) is 74.8 Å². The predicted molar refractivity (Wildman–Crippen MR) is 149 cm³/mol. The molecule has 192 valence electrons. The maximum atomic E-state index is 13.2. The van der Waals surface area contributed by atoms with Crippen LogP contribution in [-0.2, 0) is 9.59 Å². The van der Waals surface area contributed by atoms with Crippen LogP contribution in [0.3, 0.4) is 0 Å². The fraction of sp³-hybridized carbons (Fsp3) is 0.200. The number of thiophene rings is 1. The number of nitrogens with zero attached hydrogens (tertiary/aromatic N) is 2. The Hall–Kier alpha value is -3.35. The number of methoxy groups -OCH3 is 1. The van der Waals surface area contributed by atoms with Gasteiger partial charge in [0, 0.05) is 11.8 Å². The standard InChI is InChI=1S/C25H23BrN4O5S2/c1-3-20(23(32)27-15-7-6-8-16(13-15)34-2)37-25-28-18-11-12-36-22(18)24(33)30(25)29-21(31)14-35-19-10-5-4-9-17(19)26/h4-13,20H,3,14H2,1-2H3,(H,27,32)(H,29,31). The van der Waals surface area contributed by atoms with Gasteiger partial charge in [-0.25, -0.2) is 4.98 Å². The molecule has 2 heterocycles. The van der Waals surface area contributed by atoms with Crippen molar-refractivity contribution in [3.63, 3.8) is 0 Å². The summed E-state index contributed by atoms with van der Waals surface area (Å²) >= 11 is 5.69. The van der Waals surface area contributed by atoms with Gasteiger partial charge in [-0.15, -0.1) is 11.3 Å². The highest BCUT2D eigenvalue weighted by atomic mass is 79.9. The van der Waals surface area contributed by atoms with Crippen molar-refractivity contribution in [2.24, 2.45) is 0 Å². The van der Waals surface area contributed by atoms with E-state index in [9.17, 15) is 14.4 Å². The van der Waals surface area contributed by atoms with Gasteiger partial charge in [-0.1, -0.05) is 36.9 Å². The molecule has 0 aliphatic rings. The molecule has 2 amide bonds. The van der Waals surface area contributed by atoms with E-state index in [1.165, 1.54) is 11.3 Å². The van der Waals surface area contributed by atoms with E-state index < -0.39 is 16.7 Å². The Morgan fingerprint density at radius 2 is 2.00 bits per heavy atom. The average molecular weight is 604 g/mol. The fourth-order valence-corrected chi connectivity index (χ4v) is 5.44. The highest BCUT2D eigenvalue weighted by Crippen LogP contribution is 2.27. The van der Waals surface area contributed by atoms with Crippen molar-refractivity contribution >= 4 is 66.7 Å². The molecule has 0 fully saturated rings. The van der Waals surface area contributed by atoms with Crippen LogP contribution in [-0.4, -0.2) is 40.4 Å². The van der Waals surface area contributed by atoms with Gasteiger partial charge in [0.2, 0.25) is 5.91 Å². The van der Waals surface area contributed by atoms with Gasteiger partial charge in [-0.3, -0.25) is 19.8 Å². The van der Waals surface area contributed by atoms with E-state index in [0.717, 1.165) is 16.4 Å². The number of thioether (sulfide) groups is 1. The van der Waals surface area contributed by atoms with Crippen LogP contribution in [0.15, 0.2) is 74.4 Å². The van der Waals surface area contributed by atoms with Gasteiger partial charge in [0.05, 0.1) is 22.3 Å². The molecule has 4 rings (SSSR count). The van der Waals surface area contributed by atoms with Crippen LogP contribution in [0.5, 0.6) is 11.5 Å². The molecule has 0 spiro atoms. The number of amides is 2. The number of hydrogen-bond donors (Lipinski definition) is 2. The van der Waals surface area contributed by atoms with E-state index in [2.05, 4.69) is 31.7 Å². The lowest BCUT2D eigenvalue weighted by Gasteiger charge is -2.18. The molecule has 0 radical (unpaired) electrons. The van der Waals surface area contributed by atoms with Crippen molar-refractivity contribution in [3.8, 4) is 11.5 Å². The normalized spacial score (nSPS) is 11.6. The molecular formula is C25H23BrN4O5S2. The second-order valence-electron chi connectivity index (χ2n) is 7.66. The Morgan fingerprint density at radius 3 is 2.76 bits per heavy atom. The highest BCUT2D eigenvalue weighted by molar-refractivity contribution is 9.10. The third-order valence-electron chi connectivity index (χ3n) is 5.13. The number of nitrogens with one attached hydrogen (secondary N) is 2. The predicted octanol–water partition coefficient (Wildman–Crippen LogP) is 4.89. The molecule has 12 heteroatoms. The number of hydrogen-bond acceptors (Lipinski definition) is 8. The summed E-state index contributed by atoms with van der Waals surface area (Å²) in [6.45, 7) is 1.54. The highest BCUT2D eigenvalue weighted by Gasteiger charge is 2.23. The lowest BCUT2D eigenvalue weighted by Crippen LogP contribution is -2.37. The van der Waals surface area contributed by atoms with Gasteiger partial charge in [0.25, 0.3) is 11.5 Å². The number of rotatable bonds is 10. The summed E-state index contributed by atoms with van der Waals surface area (Å²) in [5.74, 6) is 0.290. The first kappa shape index (κ1) is 26.7. The number of carbonyl (C=O) groups is 2. The number of para-hydroxylation sites is 1. The Bertz CT molecular complexity index is 1490. The molecule has 0 saturated heterocycles. The maximum absolute atomic E-state index is 13.2. The number of fused-ring (bicyclic) bond motifs is 1. The molecule has 0 saturated carbocycles. The van der Waals surface area contributed by atoms with Crippen molar-refractivity contribution in [2.45, 2.75) is 23.8 Å². The van der Waals surface area contributed by atoms with Crippen LogP contribution >= 0.6 is 39.0 Å². The zero-order valence-corrected chi connectivity index (χ0v) is 23.1. The monoisotopic (exact) mass is 602 g/mol. The van der Waals surface area contributed by atoms with Gasteiger partial charge >= 0.3 is 0 Å². The molecular weight excluding hydrogens is 580 g/mol. The van der Waals surface area contributed by atoms with E-state index >= 15 is 0 Å². The number of benzene rings is 2. The van der Waals surface area contributed by atoms with Crippen LogP contribution in [0.1, 0.15) is 13.3 Å². The minimum absolute atomic E-state index is 0.192. The molecule has 4 aromatic rings. The zero-order chi connectivity index (χ0) is 26.4. The van der Waals surface area contributed by atoms with E-state index in [-0.39, 0.29) is 17.7 Å². The summed E-state index contributed by atoms with van der Waals surface area (Å²) in [7, 11) is 1.55. The largest absolute Gasteiger partial charge is 0.497 e. The molecule has 9 nitrogen and oxygen atoms in total. The third-order valence-corrected chi connectivity index (χ3v) is 7.99. The number of ether oxygens (including phenoxy) is 2. The minimum Gasteiger partial charge on any atom is -0.497 e. The Labute approximate surface area is 229 Å². The Morgan fingerprint density at radius 1 is 1.19 bits per heavy atom. The Kier molecular flexibility index (Phi) is 8.85. The van der Waals surface area contributed by atoms with Gasteiger partial charge in [-0.05, 0) is 58.1 Å². The summed E-state index contributed by atoms with van der Waals surface area (Å²) < 4.78 is 13.0. The third kappa shape index (κ3) is 6.51. The molecule has 1 unspecified atom stereocenters. The van der Waals surface area contributed by atoms with E-state index in [1.54, 1.807) is 61.0 Å². The second-order valence-corrected chi connectivity index (χ2v) is 10.6. The molecule has 2 aromatic carbocycles. The number of halogens is 1. The van der Waals surface area contributed by atoms with Crippen molar-refractivity contribution in [2.75, 3.05) is 24.5 Å². The average Bonchev–Trinajstić information content (AvgIpc) is 3.37. The SMILES string of the molecule is CCC(Sc1nc2ccsc2c(=O)n1NC(=O)COc1ccccc1Br)C(=O)Nc1cccc(OC)c1. The molecule has 2 aromatic heterocycles. The lowest BCUT2D eigenvalue weighted by molar-refractivity contribution is -0.119. The second kappa shape index (κ2) is 12.3. The lowest BCUT2D eigenvalue weighted by atomic mass is 10.2. The topological polar surface area (TPSA) is 112 Å². The first-order valence-corrected chi connectivity index (χ1v) is 13.7. The van der Waals surface area contributed by atoms with Crippen LogP contribution < -0.4 is 25.8 Å². The number of aromatic nitrogens is 2. The zero-order valence-electron chi connectivity index (χ0n) is 19.9. The van der Waals surface area contributed by atoms with E-state index in [1.807, 2.05) is 13.0 Å². The molecule has 0 bridgehead atoms. The molecule has 0 aliphatic heterocycles. The van der Waals surface area contributed by atoms with Crippen molar-refractivity contribution in [1.82, 2.24) is 9.66 Å². The molecule has 1 atom stereocenters. The summed E-state index contributed by atoms with van der Waals surface area (Å²) in [6, 6.07) is 15.9. The van der Waals surface area contributed by atoms with Crippen LogP contribution in [0, 0.1) is 0 Å². The van der Waals surface area contributed by atoms with E-state index in [0.29, 0.717) is 38.3 Å². The van der Waals surface area contributed by atoms with Gasteiger partial charge in [0.1, 0.15) is 16.2 Å². The first-order chi connectivity index (χ1) is 17.9. The fourth-order valence-electron chi connectivity index (χ4n) is 3.30. The Balaban J connectivity index is 1.55. The van der Waals surface area contributed by atoms with Crippen LogP contribution in [0.4, 0.5) is 5.69 Å². The molecule has 0 aliphatic carbocycles. The van der Waals surface area contributed by atoms with Gasteiger partial charge in [0.15, 0.2) is 11.8 Å². The quantitative estimate of drug-likeness (QED) is 0.196. The smallest absolute Gasteiger partial charge is 0.291 e. The van der Waals surface area contributed by atoms with Crippen LogP contribution in [0.25, 0.3) is 10.2 Å². The summed E-state index contributed by atoms with van der Waals surface area (Å²) in [5, 5.41) is 4.23. The van der Waals surface area contributed by atoms with E-state index in [4.69, 9.17) is 9.47 Å². The number of anilines is 1. The summed E-state index contributed by atoms with van der Waals surface area (Å²) in [6.07, 6.45) is 0.455. The van der Waals surface area contributed by atoms with Crippen molar-refractivity contribution in [1.29, 1.82) is 0 Å². The summed E-state index contributed by atoms with van der Waals surface area (Å²) in [4.78, 5) is 43.6. The minimum atomic E-state index is -0.589.